The van der Waals surface area contributed by atoms with Crippen LogP contribution in [0.3, 0.4) is 0 Å². The van der Waals surface area contributed by atoms with Crippen LogP contribution in [-0.2, 0) is 9.53 Å². The summed E-state index contributed by atoms with van der Waals surface area (Å²) in [5, 5.41) is 0. The first kappa shape index (κ1) is 14.8. The molecule has 1 aliphatic rings. The zero-order valence-electron chi connectivity index (χ0n) is 12.3. The van der Waals surface area contributed by atoms with Crippen molar-refractivity contribution in [2.45, 2.75) is 0 Å². The standard InChI is InChI=1S/C18H15NO4/c20-17(19-12-13-22-18(19)21)11-10-14-6-4-5-9-16(14)23-15-7-2-1-3-8-15/h1-11H,12-13H2. The summed E-state index contributed by atoms with van der Waals surface area (Å²) in [5.74, 6) is 0.941. The number of imide groups is 1. The molecule has 5 nitrogen and oxygen atoms in total. The Hall–Kier alpha value is -3.08. The van der Waals surface area contributed by atoms with E-state index < -0.39 is 12.0 Å². The topological polar surface area (TPSA) is 55.8 Å². The molecule has 2 aromatic rings. The van der Waals surface area contributed by atoms with E-state index in [1.54, 1.807) is 6.08 Å². The number of benzene rings is 2. The molecule has 0 aliphatic carbocycles. The fourth-order valence-electron chi connectivity index (χ4n) is 2.17. The fraction of sp³-hybridized carbons (Fsp3) is 0.111. The molecule has 0 radical (unpaired) electrons. The van der Waals surface area contributed by atoms with Crippen LogP contribution in [0, 0.1) is 0 Å². The van der Waals surface area contributed by atoms with Gasteiger partial charge in [-0.15, -0.1) is 0 Å². The van der Waals surface area contributed by atoms with Crippen molar-refractivity contribution < 1.29 is 19.1 Å². The van der Waals surface area contributed by atoms with Crippen molar-refractivity contribution in [2.24, 2.45) is 0 Å². The van der Waals surface area contributed by atoms with Crippen LogP contribution in [0.25, 0.3) is 6.08 Å². The first-order valence-electron chi connectivity index (χ1n) is 7.22. The highest BCUT2D eigenvalue weighted by atomic mass is 16.6. The average molecular weight is 309 g/mol. The summed E-state index contributed by atoms with van der Waals surface area (Å²) in [4.78, 5) is 24.4. The van der Waals surface area contributed by atoms with Crippen molar-refractivity contribution in [1.29, 1.82) is 0 Å². The van der Waals surface area contributed by atoms with E-state index >= 15 is 0 Å². The van der Waals surface area contributed by atoms with Gasteiger partial charge in [0.25, 0.3) is 5.91 Å². The third-order valence-corrected chi connectivity index (χ3v) is 3.32. The molecule has 5 heteroatoms. The largest absolute Gasteiger partial charge is 0.457 e. The van der Waals surface area contributed by atoms with Crippen molar-refractivity contribution in [3.63, 3.8) is 0 Å². The average Bonchev–Trinajstić information content (AvgIpc) is 3.01. The maximum absolute atomic E-state index is 12.0. The van der Waals surface area contributed by atoms with Gasteiger partial charge < -0.3 is 9.47 Å². The number of carbonyl (C=O) groups excluding carboxylic acids is 2. The number of nitrogens with zero attached hydrogens (tertiary/aromatic N) is 1. The smallest absolute Gasteiger partial charge is 0.416 e. The van der Waals surface area contributed by atoms with Crippen LogP contribution in [0.4, 0.5) is 4.79 Å². The number of para-hydroxylation sites is 2. The lowest BCUT2D eigenvalue weighted by atomic mass is 10.2. The van der Waals surface area contributed by atoms with Gasteiger partial charge in [0, 0.05) is 11.6 Å². The quantitative estimate of drug-likeness (QED) is 0.812. The number of hydrogen-bond donors (Lipinski definition) is 0. The molecule has 1 aliphatic heterocycles. The van der Waals surface area contributed by atoms with E-state index in [9.17, 15) is 9.59 Å². The van der Waals surface area contributed by atoms with E-state index in [1.807, 2.05) is 54.6 Å². The summed E-state index contributed by atoms with van der Waals surface area (Å²) < 4.78 is 10.6. The predicted octanol–water partition coefficient (Wildman–Crippen LogP) is 3.47. The predicted molar refractivity (Wildman–Crippen MR) is 85.1 cm³/mol. The van der Waals surface area contributed by atoms with Gasteiger partial charge in [0.1, 0.15) is 18.1 Å². The van der Waals surface area contributed by atoms with E-state index in [2.05, 4.69) is 0 Å². The zero-order chi connectivity index (χ0) is 16.1. The molecule has 0 N–H and O–H groups in total. The summed E-state index contributed by atoms with van der Waals surface area (Å²) in [6.07, 6.45) is 2.37. The van der Waals surface area contributed by atoms with E-state index in [0.717, 1.165) is 10.5 Å². The third-order valence-electron chi connectivity index (χ3n) is 3.32. The van der Waals surface area contributed by atoms with Crippen LogP contribution in [0.15, 0.2) is 60.7 Å². The Morgan fingerprint density at radius 1 is 1.09 bits per heavy atom. The molecule has 0 bridgehead atoms. The van der Waals surface area contributed by atoms with Gasteiger partial charge in [-0.05, 0) is 24.3 Å². The van der Waals surface area contributed by atoms with Crippen LogP contribution in [0.2, 0.25) is 0 Å². The maximum Gasteiger partial charge on any atom is 0.416 e. The molecular formula is C18H15NO4. The van der Waals surface area contributed by atoms with E-state index in [-0.39, 0.29) is 13.2 Å². The van der Waals surface area contributed by atoms with Gasteiger partial charge >= 0.3 is 6.09 Å². The lowest BCUT2D eigenvalue weighted by Gasteiger charge is -2.09. The summed E-state index contributed by atoms with van der Waals surface area (Å²) >= 11 is 0. The molecule has 116 valence electrons. The normalized spacial score (nSPS) is 14.1. The second-order valence-electron chi connectivity index (χ2n) is 4.89. The Morgan fingerprint density at radius 3 is 2.57 bits per heavy atom. The molecule has 2 amide bonds. The number of hydrogen-bond acceptors (Lipinski definition) is 4. The minimum Gasteiger partial charge on any atom is -0.457 e. The first-order valence-corrected chi connectivity index (χ1v) is 7.22. The Bertz CT molecular complexity index is 740. The van der Waals surface area contributed by atoms with Gasteiger partial charge in [-0.2, -0.15) is 0 Å². The molecule has 0 spiro atoms. The van der Waals surface area contributed by atoms with E-state index in [1.165, 1.54) is 6.08 Å². The molecule has 0 aromatic heterocycles. The summed E-state index contributed by atoms with van der Waals surface area (Å²) in [6, 6.07) is 16.8. The number of amides is 2. The van der Waals surface area contributed by atoms with Gasteiger partial charge in [0.2, 0.25) is 0 Å². The number of rotatable bonds is 4. The molecule has 0 atom stereocenters. The maximum atomic E-state index is 12.0. The highest BCUT2D eigenvalue weighted by molar-refractivity contribution is 6.01. The van der Waals surface area contributed by atoms with Gasteiger partial charge in [0.15, 0.2) is 0 Å². The molecule has 2 aromatic carbocycles. The summed E-state index contributed by atoms with van der Waals surface area (Å²) in [5.41, 5.74) is 0.747. The third kappa shape index (κ3) is 3.58. The van der Waals surface area contributed by atoms with Crippen molar-refractivity contribution in [3.05, 3.63) is 66.2 Å². The molecule has 0 unspecified atom stereocenters. The summed E-state index contributed by atoms with van der Waals surface area (Å²) in [6.45, 7) is 0.524. The highest BCUT2D eigenvalue weighted by Crippen LogP contribution is 2.26. The molecule has 1 fully saturated rings. The second-order valence-corrected chi connectivity index (χ2v) is 4.89. The second kappa shape index (κ2) is 6.79. The van der Waals surface area contributed by atoms with Crippen molar-refractivity contribution in [1.82, 2.24) is 4.90 Å². The van der Waals surface area contributed by atoms with Crippen molar-refractivity contribution in [2.75, 3.05) is 13.2 Å². The number of carbonyl (C=O) groups is 2. The molecular weight excluding hydrogens is 294 g/mol. The minimum absolute atomic E-state index is 0.242. The highest BCUT2D eigenvalue weighted by Gasteiger charge is 2.26. The van der Waals surface area contributed by atoms with Crippen LogP contribution < -0.4 is 4.74 Å². The Labute approximate surface area is 133 Å². The first-order chi connectivity index (χ1) is 11.2. The fourth-order valence-corrected chi connectivity index (χ4v) is 2.17. The Kier molecular flexibility index (Phi) is 4.38. The number of ether oxygens (including phenoxy) is 2. The lowest BCUT2D eigenvalue weighted by Crippen LogP contribution is -2.29. The van der Waals surface area contributed by atoms with Gasteiger partial charge in [-0.3, -0.25) is 4.79 Å². The monoisotopic (exact) mass is 309 g/mol. The molecule has 23 heavy (non-hydrogen) atoms. The van der Waals surface area contributed by atoms with Crippen LogP contribution in [0.5, 0.6) is 11.5 Å². The zero-order valence-corrected chi connectivity index (χ0v) is 12.3. The number of cyclic esters (lactones) is 1. The van der Waals surface area contributed by atoms with Crippen molar-refractivity contribution >= 4 is 18.1 Å². The van der Waals surface area contributed by atoms with Crippen LogP contribution in [0.1, 0.15) is 5.56 Å². The van der Waals surface area contributed by atoms with E-state index in [4.69, 9.17) is 9.47 Å². The summed E-state index contributed by atoms with van der Waals surface area (Å²) in [7, 11) is 0. The molecule has 1 heterocycles. The van der Waals surface area contributed by atoms with Gasteiger partial charge in [-0.25, -0.2) is 9.69 Å². The molecule has 3 rings (SSSR count). The Morgan fingerprint density at radius 2 is 1.83 bits per heavy atom. The van der Waals surface area contributed by atoms with E-state index in [0.29, 0.717) is 11.5 Å². The van der Waals surface area contributed by atoms with Gasteiger partial charge in [0.05, 0.1) is 6.54 Å². The molecule has 1 saturated heterocycles. The SMILES string of the molecule is O=C(C=Cc1ccccc1Oc1ccccc1)N1CCOC1=O. The van der Waals surface area contributed by atoms with Crippen LogP contribution >= 0.6 is 0 Å². The Balaban J connectivity index is 1.76. The minimum atomic E-state index is -0.603. The lowest BCUT2D eigenvalue weighted by molar-refractivity contribution is -0.122. The van der Waals surface area contributed by atoms with Crippen molar-refractivity contribution in [3.8, 4) is 11.5 Å². The van der Waals surface area contributed by atoms with Gasteiger partial charge in [-0.1, -0.05) is 36.4 Å². The molecule has 0 saturated carbocycles. The van der Waals surface area contributed by atoms with Crippen LogP contribution in [-0.4, -0.2) is 30.1 Å².